The average Bonchev–Trinajstić information content (AvgIpc) is 2.83. The molecule has 0 fully saturated rings. The van der Waals surface area contributed by atoms with Gasteiger partial charge in [0.05, 0.1) is 0 Å². The second-order valence-electron chi connectivity index (χ2n) is 9.32. The molecule has 6 aromatic rings. The van der Waals surface area contributed by atoms with Gasteiger partial charge in [0.1, 0.15) is 11.5 Å². The van der Waals surface area contributed by atoms with Crippen molar-refractivity contribution in [2.75, 3.05) is 0 Å². The summed E-state index contributed by atoms with van der Waals surface area (Å²) in [6.45, 7) is 4.26. The van der Waals surface area contributed by atoms with E-state index in [0.29, 0.717) is 0 Å². The quantitative estimate of drug-likeness (QED) is 0.267. The van der Waals surface area contributed by atoms with Gasteiger partial charge in [-0.15, -0.1) is 0 Å². The summed E-state index contributed by atoms with van der Waals surface area (Å²) in [6.07, 6.45) is 0.912. The molecule has 34 heavy (non-hydrogen) atoms. The first-order valence-electron chi connectivity index (χ1n) is 11.8. The van der Waals surface area contributed by atoms with Crippen molar-refractivity contribution in [2.45, 2.75) is 20.3 Å². The molecule has 0 spiro atoms. The van der Waals surface area contributed by atoms with Gasteiger partial charge in [0, 0.05) is 0 Å². The molecule has 1 heteroatoms. The highest BCUT2D eigenvalue weighted by molar-refractivity contribution is 5.86. The minimum atomic E-state index is 0.859. The van der Waals surface area contributed by atoms with E-state index in [9.17, 15) is 0 Å². The fourth-order valence-electron chi connectivity index (χ4n) is 4.75. The van der Waals surface area contributed by atoms with Gasteiger partial charge in [0.15, 0.2) is 0 Å². The van der Waals surface area contributed by atoms with E-state index < -0.39 is 0 Å². The maximum absolute atomic E-state index is 6.25. The molecule has 0 bridgehead atoms. The van der Waals surface area contributed by atoms with Crippen LogP contribution in [0.2, 0.25) is 0 Å². The Morgan fingerprint density at radius 1 is 0.412 bits per heavy atom. The normalized spacial score (nSPS) is 11.4. The van der Waals surface area contributed by atoms with Crippen molar-refractivity contribution in [3.8, 4) is 11.5 Å². The van der Waals surface area contributed by atoms with Crippen LogP contribution in [0, 0.1) is 13.8 Å². The van der Waals surface area contributed by atoms with Crippen molar-refractivity contribution in [1.29, 1.82) is 0 Å². The largest absolute Gasteiger partial charge is 0.457 e. The topological polar surface area (TPSA) is 9.23 Å². The molecule has 0 saturated heterocycles. The number of hydrogen-bond donors (Lipinski definition) is 0. The summed E-state index contributed by atoms with van der Waals surface area (Å²) in [7, 11) is 0. The number of aryl methyl sites for hydroxylation is 2. The summed E-state index contributed by atoms with van der Waals surface area (Å²) in [5, 5.41) is 7.44. The van der Waals surface area contributed by atoms with Gasteiger partial charge >= 0.3 is 0 Å². The highest BCUT2D eigenvalue weighted by Crippen LogP contribution is 2.29. The van der Waals surface area contributed by atoms with Gasteiger partial charge in [-0.1, -0.05) is 96.1 Å². The smallest absolute Gasteiger partial charge is 0.128 e. The molecule has 0 radical (unpaired) electrons. The predicted octanol–water partition coefficient (Wildman–Crippen LogP) is 9.15. The predicted molar refractivity (Wildman–Crippen MR) is 144 cm³/mol. The lowest BCUT2D eigenvalue weighted by Gasteiger charge is -2.10. The Labute approximate surface area is 200 Å². The maximum atomic E-state index is 6.25. The van der Waals surface area contributed by atoms with E-state index in [4.69, 9.17) is 4.74 Å². The molecule has 0 N–H and O–H groups in total. The number of hydrogen-bond acceptors (Lipinski definition) is 1. The third-order valence-corrected chi connectivity index (χ3v) is 6.55. The van der Waals surface area contributed by atoms with Crippen molar-refractivity contribution in [1.82, 2.24) is 0 Å². The second kappa shape index (κ2) is 8.35. The van der Waals surface area contributed by atoms with E-state index in [-0.39, 0.29) is 0 Å². The molecular weight excluding hydrogens is 412 g/mol. The van der Waals surface area contributed by atoms with Crippen LogP contribution in [0.5, 0.6) is 11.5 Å². The molecule has 0 atom stereocenters. The highest BCUT2D eigenvalue weighted by Gasteiger charge is 2.05. The van der Waals surface area contributed by atoms with Crippen LogP contribution in [-0.4, -0.2) is 0 Å². The van der Waals surface area contributed by atoms with Crippen LogP contribution in [0.4, 0.5) is 0 Å². The van der Waals surface area contributed by atoms with Gasteiger partial charge in [0.25, 0.3) is 0 Å². The van der Waals surface area contributed by atoms with Gasteiger partial charge in [-0.2, -0.15) is 0 Å². The fourth-order valence-corrected chi connectivity index (χ4v) is 4.75. The zero-order valence-corrected chi connectivity index (χ0v) is 19.5. The Balaban J connectivity index is 1.28. The number of benzene rings is 6. The van der Waals surface area contributed by atoms with E-state index in [1.165, 1.54) is 54.6 Å². The Kier molecular flexibility index (Phi) is 5.04. The zero-order chi connectivity index (χ0) is 23.1. The molecule has 0 aliphatic carbocycles. The first kappa shape index (κ1) is 20.5. The highest BCUT2D eigenvalue weighted by atomic mass is 16.5. The Hall–Kier alpha value is -4.10. The van der Waals surface area contributed by atoms with Crippen molar-refractivity contribution < 1.29 is 4.74 Å². The van der Waals surface area contributed by atoms with Crippen LogP contribution in [0.3, 0.4) is 0 Å². The van der Waals surface area contributed by atoms with Crippen LogP contribution in [0.15, 0.2) is 109 Å². The van der Waals surface area contributed by atoms with E-state index in [1.54, 1.807) is 0 Å². The van der Waals surface area contributed by atoms with E-state index in [1.807, 2.05) is 12.1 Å². The van der Waals surface area contributed by atoms with Crippen LogP contribution in [0.25, 0.3) is 32.3 Å². The minimum Gasteiger partial charge on any atom is -0.457 e. The molecule has 1 nitrogen and oxygen atoms in total. The molecule has 0 aliphatic rings. The zero-order valence-electron chi connectivity index (χ0n) is 19.5. The third kappa shape index (κ3) is 4.13. The van der Waals surface area contributed by atoms with Gasteiger partial charge in [-0.05, 0) is 88.0 Å². The molecule has 0 aromatic heterocycles. The summed E-state index contributed by atoms with van der Waals surface area (Å²) in [4.78, 5) is 0. The van der Waals surface area contributed by atoms with Crippen LogP contribution in [0.1, 0.15) is 22.3 Å². The van der Waals surface area contributed by atoms with Crippen molar-refractivity contribution >= 4 is 32.3 Å². The summed E-state index contributed by atoms with van der Waals surface area (Å²) in [5.41, 5.74) is 5.18. The molecule has 6 aromatic carbocycles. The van der Waals surface area contributed by atoms with Crippen molar-refractivity contribution in [2.24, 2.45) is 0 Å². The Bertz CT molecular complexity index is 1550. The van der Waals surface area contributed by atoms with E-state index in [2.05, 4.69) is 111 Å². The third-order valence-electron chi connectivity index (χ3n) is 6.55. The van der Waals surface area contributed by atoms with Crippen LogP contribution < -0.4 is 4.74 Å². The number of fused-ring (bicyclic) bond motifs is 3. The number of rotatable bonds is 4. The fraction of sp³-hybridized carbons (Fsp3) is 0.0909. The second-order valence-corrected chi connectivity index (χ2v) is 9.32. The standard InChI is InChI=1S/C33H26O/c1-22-3-7-26-9-5-24(18-29(26)15-22)17-25-6-10-28-12-14-33(21-31(28)19-25)34-32-13-11-27-8-4-23(2)16-30(27)20-32/h3-16,18-21H,17H2,1-2H3. The lowest BCUT2D eigenvalue weighted by atomic mass is 9.98. The van der Waals surface area contributed by atoms with Crippen molar-refractivity contribution in [3.05, 3.63) is 131 Å². The van der Waals surface area contributed by atoms with Gasteiger partial charge < -0.3 is 4.74 Å². The van der Waals surface area contributed by atoms with Gasteiger partial charge in [-0.3, -0.25) is 0 Å². The van der Waals surface area contributed by atoms with Crippen LogP contribution in [-0.2, 0) is 6.42 Å². The monoisotopic (exact) mass is 438 g/mol. The SMILES string of the molecule is Cc1ccc2ccc(Cc3ccc4ccc(Oc5ccc6ccc(C)cc6c5)cc4c3)cc2c1. The molecule has 0 saturated carbocycles. The molecule has 164 valence electrons. The Morgan fingerprint density at radius 3 is 1.35 bits per heavy atom. The lowest BCUT2D eigenvalue weighted by Crippen LogP contribution is -1.90. The van der Waals surface area contributed by atoms with Crippen LogP contribution >= 0.6 is 0 Å². The van der Waals surface area contributed by atoms with E-state index in [0.717, 1.165) is 17.9 Å². The lowest BCUT2D eigenvalue weighted by molar-refractivity contribution is 0.484. The maximum Gasteiger partial charge on any atom is 0.128 e. The Morgan fingerprint density at radius 2 is 0.824 bits per heavy atom. The molecule has 0 unspecified atom stereocenters. The molecular formula is C33H26O. The van der Waals surface area contributed by atoms with E-state index >= 15 is 0 Å². The van der Waals surface area contributed by atoms with Crippen molar-refractivity contribution in [3.63, 3.8) is 0 Å². The summed E-state index contributed by atoms with van der Waals surface area (Å²) in [5.74, 6) is 1.72. The molecule has 0 amide bonds. The summed E-state index contributed by atoms with van der Waals surface area (Å²) in [6, 6.07) is 39.2. The molecule has 0 heterocycles. The number of ether oxygens (including phenoxy) is 1. The minimum absolute atomic E-state index is 0.859. The first-order chi connectivity index (χ1) is 16.6. The molecule has 6 rings (SSSR count). The molecule has 0 aliphatic heterocycles. The average molecular weight is 439 g/mol. The summed E-state index contributed by atoms with van der Waals surface area (Å²) >= 11 is 0. The summed E-state index contributed by atoms with van der Waals surface area (Å²) < 4.78 is 6.25. The van der Waals surface area contributed by atoms with Gasteiger partial charge in [0.2, 0.25) is 0 Å². The van der Waals surface area contributed by atoms with Gasteiger partial charge in [-0.25, -0.2) is 0 Å². The first-order valence-corrected chi connectivity index (χ1v) is 11.8.